The van der Waals surface area contributed by atoms with Gasteiger partial charge in [-0.05, 0) is 74.2 Å². The Morgan fingerprint density at radius 1 is 1.13 bits per heavy atom. The summed E-state index contributed by atoms with van der Waals surface area (Å²) in [5, 5.41) is 11.0. The number of ketones is 1. The Kier molecular flexibility index (Phi) is 3.18. The fraction of sp³-hybridized carbons (Fsp3) is 0.762. The summed E-state index contributed by atoms with van der Waals surface area (Å²) in [5.41, 5.74) is 0.575. The molecule has 0 aromatic carbocycles. The first-order valence-electron chi connectivity index (χ1n) is 9.28. The summed E-state index contributed by atoms with van der Waals surface area (Å²) < 4.78 is 0. The van der Waals surface area contributed by atoms with E-state index in [4.69, 9.17) is 6.42 Å². The van der Waals surface area contributed by atoms with Crippen LogP contribution in [0.4, 0.5) is 0 Å². The van der Waals surface area contributed by atoms with Crippen LogP contribution in [0.25, 0.3) is 0 Å². The van der Waals surface area contributed by atoms with E-state index in [0.29, 0.717) is 30.0 Å². The van der Waals surface area contributed by atoms with Gasteiger partial charge in [-0.15, -0.1) is 6.42 Å². The van der Waals surface area contributed by atoms with E-state index in [-0.39, 0.29) is 10.8 Å². The van der Waals surface area contributed by atoms with Crippen LogP contribution < -0.4 is 0 Å². The van der Waals surface area contributed by atoms with Crippen molar-refractivity contribution in [3.63, 3.8) is 0 Å². The van der Waals surface area contributed by atoms with Crippen LogP contribution in [0, 0.1) is 40.9 Å². The molecule has 0 amide bonds. The zero-order chi connectivity index (χ0) is 16.5. The van der Waals surface area contributed by atoms with E-state index < -0.39 is 5.60 Å². The van der Waals surface area contributed by atoms with Gasteiger partial charge in [0.25, 0.3) is 0 Å². The summed E-state index contributed by atoms with van der Waals surface area (Å²) in [6.45, 7) is 4.63. The molecule has 0 unspecified atom stereocenters. The Balaban J connectivity index is 1.70. The van der Waals surface area contributed by atoms with Crippen LogP contribution in [0.3, 0.4) is 0 Å². The van der Waals surface area contributed by atoms with Crippen molar-refractivity contribution in [2.24, 2.45) is 28.6 Å². The monoisotopic (exact) mass is 312 g/mol. The van der Waals surface area contributed by atoms with E-state index in [0.717, 1.165) is 38.5 Å². The van der Waals surface area contributed by atoms with E-state index in [1.165, 1.54) is 12.0 Å². The quantitative estimate of drug-likeness (QED) is 0.689. The van der Waals surface area contributed by atoms with Crippen LogP contribution >= 0.6 is 0 Å². The summed E-state index contributed by atoms with van der Waals surface area (Å²) in [5.74, 6) is 4.93. The molecule has 0 spiro atoms. The highest BCUT2D eigenvalue weighted by atomic mass is 16.3. The predicted molar refractivity (Wildman–Crippen MR) is 90.5 cm³/mol. The maximum Gasteiger partial charge on any atom is 0.155 e. The third-order valence-corrected chi connectivity index (χ3v) is 8.35. The Morgan fingerprint density at radius 2 is 1.87 bits per heavy atom. The van der Waals surface area contributed by atoms with Crippen LogP contribution in [-0.2, 0) is 4.79 Å². The maximum atomic E-state index is 11.8. The van der Waals surface area contributed by atoms with Crippen molar-refractivity contribution in [2.45, 2.75) is 70.8 Å². The average molecular weight is 312 g/mol. The highest BCUT2D eigenvalue weighted by Crippen LogP contribution is 2.67. The molecule has 0 saturated heterocycles. The van der Waals surface area contributed by atoms with Gasteiger partial charge in [0.15, 0.2) is 5.78 Å². The minimum atomic E-state index is -0.914. The molecule has 4 aliphatic rings. The molecule has 4 aliphatic carbocycles. The van der Waals surface area contributed by atoms with Gasteiger partial charge in [-0.2, -0.15) is 0 Å². The number of aliphatic hydroxyl groups is 1. The lowest BCUT2D eigenvalue weighted by molar-refractivity contribution is -0.119. The average Bonchev–Trinajstić information content (AvgIpc) is 2.80. The molecule has 23 heavy (non-hydrogen) atoms. The normalized spacial score (nSPS) is 52.0. The molecular formula is C21H28O2. The fourth-order valence-electron chi connectivity index (χ4n) is 6.81. The highest BCUT2D eigenvalue weighted by Gasteiger charge is 2.63. The number of hydrogen-bond acceptors (Lipinski definition) is 2. The number of hydrogen-bond donors (Lipinski definition) is 1. The van der Waals surface area contributed by atoms with Crippen molar-refractivity contribution in [2.75, 3.05) is 0 Å². The predicted octanol–water partition coefficient (Wildman–Crippen LogP) is 3.88. The zero-order valence-electron chi connectivity index (χ0n) is 14.4. The molecular weight excluding hydrogens is 284 g/mol. The molecule has 0 bridgehead atoms. The van der Waals surface area contributed by atoms with E-state index in [1.54, 1.807) is 0 Å². The second-order valence-electron chi connectivity index (χ2n) is 8.97. The molecule has 3 fully saturated rings. The van der Waals surface area contributed by atoms with Gasteiger partial charge in [0, 0.05) is 11.8 Å². The summed E-state index contributed by atoms with van der Waals surface area (Å²) in [4.78, 5) is 11.8. The first-order chi connectivity index (χ1) is 10.8. The van der Waals surface area contributed by atoms with Crippen molar-refractivity contribution in [1.82, 2.24) is 0 Å². The van der Waals surface area contributed by atoms with Crippen molar-refractivity contribution < 1.29 is 9.90 Å². The molecule has 3 saturated carbocycles. The van der Waals surface area contributed by atoms with Crippen molar-refractivity contribution in [1.29, 1.82) is 0 Å². The van der Waals surface area contributed by atoms with Crippen molar-refractivity contribution in [3.8, 4) is 12.3 Å². The van der Waals surface area contributed by atoms with Crippen molar-refractivity contribution >= 4 is 5.78 Å². The van der Waals surface area contributed by atoms with Gasteiger partial charge in [0.2, 0.25) is 0 Å². The zero-order valence-corrected chi connectivity index (χ0v) is 14.4. The summed E-state index contributed by atoms with van der Waals surface area (Å²) in [6.07, 6.45) is 15.6. The number of terminal acetylenes is 1. The smallest absolute Gasteiger partial charge is 0.155 e. The first-order valence-corrected chi connectivity index (χ1v) is 9.28. The number of carbonyl (C=O) groups is 1. The molecule has 0 aromatic heterocycles. The lowest BCUT2D eigenvalue weighted by Gasteiger charge is -2.58. The topological polar surface area (TPSA) is 37.3 Å². The van der Waals surface area contributed by atoms with Crippen molar-refractivity contribution in [3.05, 3.63) is 11.6 Å². The highest BCUT2D eigenvalue weighted by molar-refractivity contribution is 5.91. The number of rotatable bonds is 0. The van der Waals surface area contributed by atoms with Gasteiger partial charge < -0.3 is 5.11 Å². The Bertz CT molecular complexity index is 626. The summed E-state index contributed by atoms with van der Waals surface area (Å²) in [7, 11) is 0. The Hall–Kier alpha value is -1.07. The van der Waals surface area contributed by atoms with Crippen LogP contribution in [0.2, 0.25) is 0 Å². The number of allylic oxidation sites excluding steroid dienone is 1. The van der Waals surface area contributed by atoms with E-state index in [1.807, 2.05) is 6.08 Å². The van der Waals surface area contributed by atoms with Gasteiger partial charge in [-0.25, -0.2) is 0 Å². The van der Waals surface area contributed by atoms with Gasteiger partial charge in [0.1, 0.15) is 5.60 Å². The largest absolute Gasteiger partial charge is 0.377 e. The van der Waals surface area contributed by atoms with E-state index in [9.17, 15) is 9.90 Å². The van der Waals surface area contributed by atoms with Crippen LogP contribution in [-0.4, -0.2) is 16.5 Å². The standard InChI is InChI=1S/C21H28O2/c1-4-21(23)12-9-18-16-6-5-14-13-15(22)7-10-19(14,2)17(16)8-11-20(18,21)3/h1,13,16-18,23H,5-12H2,2-3H3/t16-,17+,18-,19+,20-,21+/m0/s1. The van der Waals surface area contributed by atoms with Crippen LogP contribution in [0.1, 0.15) is 65.2 Å². The third kappa shape index (κ3) is 1.84. The molecule has 0 radical (unpaired) electrons. The van der Waals surface area contributed by atoms with E-state index >= 15 is 0 Å². The molecule has 2 heteroatoms. The Labute approximate surface area is 139 Å². The molecule has 6 atom stereocenters. The minimum Gasteiger partial charge on any atom is -0.377 e. The molecule has 4 rings (SSSR count). The molecule has 1 N–H and O–H groups in total. The van der Waals surface area contributed by atoms with E-state index in [2.05, 4.69) is 19.8 Å². The third-order valence-electron chi connectivity index (χ3n) is 8.35. The second kappa shape index (κ2) is 4.73. The summed E-state index contributed by atoms with van der Waals surface area (Å²) in [6, 6.07) is 0. The fourth-order valence-corrected chi connectivity index (χ4v) is 6.81. The maximum absolute atomic E-state index is 11.8. The molecule has 124 valence electrons. The molecule has 2 nitrogen and oxygen atoms in total. The van der Waals surface area contributed by atoms with Crippen LogP contribution in [0.5, 0.6) is 0 Å². The van der Waals surface area contributed by atoms with Gasteiger partial charge in [-0.1, -0.05) is 25.3 Å². The lowest BCUT2D eigenvalue weighted by Crippen LogP contribution is -2.54. The molecule has 0 aliphatic heterocycles. The number of fused-ring (bicyclic) bond motifs is 5. The van der Waals surface area contributed by atoms with Crippen LogP contribution in [0.15, 0.2) is 11.6 Å². The van der Waals surface area contributed by atoms with Gasteiger partial charge in [-0.3, -0.25) is 4.79 Å². The Morgan fingerprint density at radius 3 is 2.61 bits per heavy atom. The second-order valence-corrected chi connectivity index (χ2v) is 8.97. The first kappa shape index (κ1) is 15.5. The van der Waals surface area contributed by atoms with Gasteiger partial charge >= 0.3 is 0 Å². The number of carbonyl (C=O) groups excluding carboxylic acids is 1. The lowest BCUT2D eigenvalue weighted by atomic mass is 9.46. The molecule has 0 heterocycles. The SMILES string of the molecule is C#C[C@@]1(O)CC[C@H]2[C@H]3CCC4=CC(=O)CC[C@@]4(C)[C@@H]3CC[C@@]21C. The van der Waals surface area contributed by atoms with Gasteiger partial charge in [0.05, 0.1) is 0 Å². The minimum absolute atomic E-state index is 0.120. The summed E-state index contributed by atoms with van der Waals surface area (Å²) >= 11 is 0. The molecule has 0 aromatic rings.